The van der Waals surface area contributed by atoms with Crippen LogP contribution in [-0.2, 0) is 14.6 Å². The molecule has 0 aliphatic carbocycles. The Morgan fingerprint density at radius 2 is 1.95 bits per heavy atom. The van der Waals surface area contributed by atoms with Crippen LogP contribution in [0, 0.1) is 0 Å². The fourth-order valence-corrected chi connectivity index (χ4v) is 6.76. The van der Waals surface area contributed by atoms with Crippen LogP contribution in [0.15, 0.2) is 36.8 Å². The van der Waals surface area contributed by atoms with Gasteiger partial charge in [0.1, 0.15) is 45.6 Å². The van der Waals surface area contributed by atoms with Gasteiger partial charge < -0.3 is 24.7 Å². The van der Waals surface area contributed by atoms with Gasteiger partial charge in [0.15, 0.2) is 0 Å². The van der Waals surface area contributed by atoms with Crippen molar-refractivity contribution in [3.05, 3.63) is 36.8 Å². The zero-order chi connectivity index (χ0) is 25.6. The van der Waals surface area contributed by atoms with Crippen LogP contribution in [-0.4, -0.2) is 77.8 Å². The van der Waals surface area contributed by atoms with Gasteiger partial charge in [-0.1, -0.05) is 12.1 Å². The first-order chi connectivity index (χ1) is 17.8. The molecule has 2 bridgehead atoms. The molecule has 6 rings (SSSR count). The van der Waals surface area contributed by atoms with Crippen molar-refractivity contribution in [1.29, 1.82) is 0 Å². The molecule has 3 aliphatic rings. The van der Waals surface area contributed by atoms with Crippen molar-refractivity contribution < 1.29 is 17.9 Å². The van der Waals surface area contributed by atoms with E-state index in [2.05, 4.69) is 37.8 Å². The Hall–Kier alpha value is -2.69. The summed E-state index contributed by atoms with van der Waals surface area (Å²) in [6.07, 6.45) is 11.6. The summed E-state index contributed by atoms with van der Waals surface area (Å²) >= 11 is 0. The van der Waals surface area contributed by atoms with Gasteiger partial charge in [0.2, 0.25) is 0 Å². The van der Waals surface area contributed by atoms with E-state index in [1.54, 1.807) is 0 Å². The third-order valence-electron chi connectivity index (χ3n) is 8.27. The predicted octanol–water partition coefficient (Wildman–Crippen LogP) is 3.45. The number of nitrogens with zero attached hydrogens (tertiary/aromatic N) is 4. The molecule has 3 aromatic rings. The van der Waals surface area contributed by atoms with Gasteiger partial charge in [-0.25, -0.2) is 18.4 Å². The molecule has 2 N–H and O–H groups in total. The van der Waals surface area contributed by atoms with Gasteiger partial charge in [0.05, 0.1) is 17.2 Å². The largest absolute Gasteiger partial charge is 0.491 e. The second-order valence-electron chi connectivity index (χ2n) is 10.9. The number of benzene rings is 1. The number of hydrogen-bond donors (Lipinski definition) is 1. The molecule has 37 heavy (non-hydrogen) atoms. The summed E-state index contributed by atoms with van der Waals surface area (Å²) in [5.74, 6) is 1.48. The van der Waals surface area contributed by atoms with Gasteiger partial charge in [-0.3, -0.25) is 0 Å². The fraction of sp³-hybridized carbons (Fsp3) is 0.556. The van der Waals surface area contributed by atoms with Crippen molar-refractivity contribution in [2.24, 2.45) is 0 Å². The Morgan fingerprint density at radius 3 is 2.65 bits per heavy atom. The SMILES string of the molecule is CS(=O)(=O)CCN1CCC(n2cc(-c3cccc(OCC45CCC(CC4)O5)c3)c3c(N)ncnc32)CC1. The summed E-state index contributed by atoms with van der Waals surface area (Å²) in [5, 5.41) is 0.857. The van der Waals surface area contributed by atoms with Gasteiger partial charge in [-0.2, -0.15) is 0 Å². The number of nitrogen functional groups attached to an aromatic ring is 1. The van der Waals surface area contributed by atoms with Crippen LogP contribution in [0.2, 0.25) is 0 Å². The van der Waals surface area contributed by atoms with E-state index in [1.807, 2.05) is 12.1 Å². The molecule has 0 radical (unpaired) electrons. The first kappa shape index (κ1) is 24.6. The van der Waals surface area contributed by atoms with Crippen LogP contribution < -0.4 is 10.5 Å². The molecule has 2 aromatic heterocycles. The van der Waals surface area contributed by atoms with Gasteiger partial charge in [0.25, 0.3) is 0 Å². The fourth-order valence-electron chi connectivity index (χ4n) is 6.17. The molecule has 10 heteroatoms. The summed E-state index contributed by atoms with van der Waals surface area (Å²) < 4.78 is 37.8. The van der Waals surface area contributed by atoms with E-state index in [-0.39, 0.29) is 17.4 Å². The monoisotopic (exact) mass is 525 g/mol. The first-order valence-electron chi connectivity index (χ1n) is 13.2. The Kier molecular flexibility index (Phi) is 6.37. The molecule has 0 amide bonds. The van der Waals surface area contributed by atoms with Crippen molar-refractivity contribution in [2.75, 3.05) is 44.0 Å². The van der Waals surface area contributed by atoms with Crippen molar-refractivity contribution in [3.63, 3.8) is 0 Å². The molecule has 3 saturated heterocycles. The number of fused-ring (bicyclic) bond motifs is 3. The number of rotatable bonds is 8. The Balaban J connectivity index is 1.23. The zero-order valence-corrected chi connectivity index (χ0v) is 22.1. The van der Waals surface area contributed by atoms with E-state index in [9.17, 15) is 8.42 Å². The van der Waals surface area contributed by atoms with E-state index in [0.717, 1.165) is 79.5 Å². The molecular weight excluding hydrogens is 490 g/mol. The average Bonchev–Trinajstić information content (AvgIpc) is 3.60. The summed E-state index contributed by atoms with van der Waals surface area (Å²) in [6.45, 7) is 2.86. The number of nitrogens with two attached hydrogens (primary N) is 1. The second kappa shape index (κ2) is 9.56. The highest BCUT2D eigenvalue weighted by Crippen LogP contribution is 2.44. The Morgan fingerprint density at radius 1 is 1.16 bits per heavy atom. The molecule has 0 atom stereocenters. The minimum Gasteiger partial charge on any atom is -0.491 e. The lowest BCUT2D eigenvalue weighted by atomic mass is 9.89. The molecule has 0 saturated carbocycles. The third kappa shape index (κ3) is 5.06. The third-order valence-corrected chi connectivity index (χ3v) is 9.20. The number of anilines is 1. The van der Waals surface area contributed by atoms with E-state index in [4.69, 9.17) is 15.2 Å². The molecular formula is C27H35N5O4S. The summed E-state index contributed by atoms with van der Waals surface area (Å²) in [6, 6.07) is 8.40. The van der Waals surface area contributed by atoms with Crippen LogP contribution in [0.25, 0.3) is 22.2 Å². The van der Waals surface area contributed by atoms with Gasteiger partial charge in [-0.05, 0) is 56.2 Å². The maximum absolute atomic E-state index is 11.6. The lowest BCUT2D eigenvalue weighted by Gasteiger charge is -2.32. The molecule has 3 aliphatic heterocycles. The predicted molar refractivity (Wildman–Crippen MR) is 143 cm³/mol. The topological polar surface area (TPSA) is 113 Å². The standard InChI is InChI=1S/C27H35N5O4S/c1-37(33,34)14-13-31-11-7-20(8-12-31)32-16-23(24-25(28)29-18-30-26(24)32)19-3-2-4-22(15-19)35-17-27-9-5-21(36-27)6-10-27/h2-4,15-16,18,20-21H,5-14,17H2,1H3,(H2,28,29,30). The molecule has 1 aromatic carbocycles. The number of likely N-dealkylation sites (tertiary alicyclic amines) is 1. The molecule has 0 spiro atoms. The number of piperidine rings is 1. The van der Waals surface area contributed by atoms with Gasteiger partial charge in [-0.15, -0.1) is 0 Å². The molecule has 198 valence electrons. The van der Waals surface area contributed by atoms with Crippen molar-refractivity contribution in [3.8, 4) is 16.9 Å². The first-order valence-corrected chi connectivity index (χ1v) is 15.3. The van der Waals surface area contributed by atoms with Crippen LogP contribution in [0.1, 0.15) is 44.6 Å². The van der Waals surface area contributed by atoms with Crippen LogP contribution in [0.3, 0.4) is 0 Å². The highest BCUT2D eigenvalue weighted by molar-refractivity contribution is 7.90. The lowest BCUT2D eigenvalue weighted by Crippen LogP contribution is -2.37. The van der Waals surface area contributed by atoms with Crippen LogP contribution in [0.5, 0.6) is 5.75 Å². The highest BCUT2D eigenvalue weighted by Gasteiger charge is 2.46. The van der Waals surface area contributed by atoms with Crippen molar-refractivity contribution in [1.82, 2.24) is 19.4 Å². The normalized spacial score (nSPS) is 24.7. The summed E-state index contributed by atoms with van der Waals surface area (Å²) in [7, 11) is -2.96. The molecule has 0 unspecified atom stereocenters. The number of hydrogen-bond acceptors (Lipinski definition) is 8. The summed E-state index contributed by atoms with van der Waals surface area (Å²) in [4.78, 5) is 11.1. The van der Waals surface area contributed by atoms with E-state index in [0.29, 0.717) is 25.1 Å². The Bertz CT molecular complexity index is 1390. The second-order valence-corrected chi connectivity index (χ2v) is 13.2. The average molecular weight is 526 g/mol. The minimum absolute atomic E-state index is 0.120. The van der Waals surface area contributed by atoms with Crippen molar-refractivity contribution in [2.45, 2.75) is 56.3 Å². The minimum atomic E-state index is -2.96. The number of sulfone groups is 1. The highest BCUT2D eigenvalue weighted by atomic mass is 32.2. The maximum Gasteiger partial charge on any atom is 0.148 e. The quantitative estimate of drug-likeness (QED) is 0.476. The van der Waals surface area contributed by atoms with Crippen LogP contribution in [0.4, 0.5) is 5.82 Å². The number of aromatic nitrogens is 3. The van der Waals surface area contributed by atoms with Crippen LogP contribution >= 0.6 is 0 Å². The molecule has 5 heterocycles. The molecule has 3 fully saturated rings. The van der Waals surface area contributed by atoms with Crippen molar-refractivity contribution >= 4 is 26.7 Å². The Labute approximate surface area is 217 Å². The van der Waals surface area contributed by atoms with E-state index < -0.39 is 9.84 Å². The van der Waals surface area contributed by atoms with Gasteiger partial charge in [0, 0.05) is 43.7 Å². The number of ether oxygens (including phenoxy) is 2. The lowest BCUT2D eigenvalue weighted by molar-refractivity contribution is -0.0198. The molecule has 9 nitrogen and oxygen atoms in total. The smallest absolute Gasteiger partial charge is 0.148 e. The maximum atomic E-state index is 11.6. The van der Waals surface area contributed by atoms with Gasteiger partial charge >= 0.3 is 0 Å². The summed E-state index contributed by atoms with van der Waals surface area (Å²) in [5.41, 5.74) is 9.10. The zero-order valence-electron chi connectivity index (χ0n) is 21.3. The van der Waals surface area contributed by atoms with E-state index in [1.165, 1.54) is 12.6 Å². The van der Waals surface area contributed by atoms with E-state index >= 15 is 0 Å².